The van der Waals surface area contributed by atoms with Gasteiger partial charge in [0.25, 0.3) is 0 Å². The summed E-state index contributed by atoms with van der Waals surface area (Å²) in [6, 6.07) is 0. The molecule has 1 aliphatic heterocycles. The summed E-state index contributed by atoms with van der Waals surface area (Å²) in [4.78, 5) is 0. The molecule has 0 aromatic rings. The zero-order chi connectivity index (χ0) is 14.7. The maximum Gasteiger partial charge on any atom is 0.0503 e. The molecule has 5 atom stereocenters. The van der Waals surface area contributed by atoms with Gasteiger partial charge < -0.3 is 4.74 Å². The summed E-state index contributed by atoms with van der Waals surface area (Å²) < 4.78 is 5.80. The van der Waals surface area contributed by atoms with Gasteiger partial charge in [0, 0.05) is 6.61 Å². The topological polar surface area (TPSA) is 9.23 Å². The van der Waals surface area contributed by atoms with Crippen molar-refractivity contribution in [3.8, 4) is 0 Å². The summed E-state index contributed by atoms with van der Waals surface area (Å²) >= 11 is 0. The van der Waals surface area contributed by atoms with Crippen LogP contribution in [-0.4, -0.2) is 13.2 Å². The van der Waals surface area contributed by atoms with Crippen LogP contribution in [0.4, 0.5) is 0 Å². The van der Waals surface area contributed by atoms with Crippen LogP contribution in [0, 0.1) is 28.6 Å². The van der Waals surface area contributed by atoms with Crippen molar-refractivity contribution in [1.82, 2.24) is 0 Å². The number of rotatable bonds is 0. The Kier molecular flexibility index (Phi) is 3.16. The SMILES string of the molecule is CC1=CC[C@H]2[C@@H]3CC=C4CCOCC[C@]4(C)[C@H]3CC[C@]12C. The molecule has 1 saturated heterocycles. The van der Waals surface area contributed by atoms with Crippen LogP contribution < -0.4 is 0 Å². The van der Waals surface area contributed by atoms with E-state index in [1.807, 2.05) is 0 Å². The molecule has 0 radical (unpaired) electrons. The number of hydrogen-bond donors (Lipinski definition) is 0. The summed E-state index contributed by atoms with van der Waals surface area (Å²) in [6.45, 7) is 9.40. The van der Waals surface area contributed by atoms with E-state index in [-0.39, 0.29) is 0 Å². The third-order valence-electron chi connectivity index (χ3n) is 7.88. The minimum Gasteiger partial charge on any atom is -0.381 e. The number of ether oxygens (including phenoxy) is 1. The molecule has 2 fully saturated rings. The van der Waals surface area contributed by atoms with E-state index in [9.17, 15) is 0 Å². The fourth-order valence-corrected chi connectivity index (χ4v) is 6.24. The van der Waals surface area contributed by atoms with Gasteiger partial charge in [-0.1, -0.05) is 37.1 Å². The Balaban J connectivity index is 1.69. The molecule has 116 valence electrons. The minimum absolute atomic E-state index is 0.428. The van der Waals surface area contributed by atoms with Crippen LogP contribution in [0.15, 0.2) is 23.3 Å². The first kappa shape index (κ1) is 14.1. The monoisotopic (exact) mass is 286 g/mol. The lowest BCUT2D eigenvalue weighted by atomic mass is 9.49. The maximum atomic E-state index is 5.80. The second kappa shape index (κ2) is 4.72. The molecule has 0 unspecified atom stereocenters. The fourth-order valence-electron chi connectivity index (χ4n) is 6.24. The second-order valence-electron chi connectivity index (χ2n) is 8.45. The number of hydrogen-bond acceptors (Lipinski definition) is 1. The molecular weight excluding hydrogens is 256 g/mol. The van der Waals surface area contributed by atoms with E-state index in [1.54, 1.807) is 11.1 Å². The smallest absolute Gasteiger partial charge is 0.0503 e. The summed E-state index contributed by atoms with van der Waals surface area (Å²) in [6.07, 6.45) is 13.1. The molecule has 1 heteroatoms. The molecule has 0 bridgehead atoms. The van der Waals surface area contributed by atoms with E-state index >= 15 is 0 Å². The molecular formula is C20H30O. The summed E-state index contributed by atoms with van der Waals surface area (Å²) in [5.41, 5.74) is 4.34. The minimum atomic E-state index is 0.428. The largest absolute Gasteiger partial charge is 0.381 e. The van der Waals surface area contributed by atoms with Crippen LogP contribution in [0.1, 0.15) is 59.3 Å². The van der Waals surface area contributed by atoms with Gasteiger partial charge in [-0.3, -0.25) is 0 Å². The molecule has 21 heavy (non-hydrogen) atoms. The average Bonchev–Trinajstić information content (AvgIpc) is 2.65. The van der Waals surface area contributed by atoms with Gasteiger partial charge in [-0.15, -0.1) is 0 Å². The third-order valence-corrected chi connectivity index (χ3v) is 7.88. The van der Waals surface area contributed by atoms with Gasteiger partial charge in [0.2, 0.25) is 0 Å². The maximum absolute atomic E-state index is 5.80. The van der Waals surface area contributed by atoms with E-state index in [1.165, 1.54) is 38.5 Å². The first-order valence-corrected chi connectivity index (χ1v) is 9.00. The van der Waals surface area contributed by atoms with E-state index in [4.69, 9.17) is 4.74 Å². The zero-order valence-electron chi connectivity index (χ0n) is 14.0. The predicted molar refractivity (Wildman–Crippen MR) is 87.0 cm³/mol. The van der Waals surface area contributed by atoms with Crippen molar-refractivity contribution in [2.24, 2.45) is 28.6 Å². The second-order valence-corrected chi connectivity index (χ2v) is 8.45. The Bertz CT molecular complexity index is 502. The van der Waals surface area contributed by atoms with Crippen molar-refractivity contribution in [2.45, 2.75) is 59.3 Å². The van der Waals surface area contributed by atoms with Gasteiger partial charge in [-0.25, -0.2) is 0 Å². The predicted octanol–water partition coefficient (Wildman–Crippen LogP) is 5.13. The highest BCUT2D eigenvalue weighted by Gasteiger charge is 2.55. The van der Waals surface area contributed by atoms with Crippen LogP contribution in [0.3, 0.4) is 0 Å². The summed E-state index contributed by atoms with van der Waals surface area (Å²) in [5.74, 6) is 2.70. The van der Waals surface area contributed by atoms with Crippen molar-refractivity contribution in [2.75, 3.05) is 13.2 Å². The van der Waals surface area contributed by atoms with Gasteiger partial charge in [0.05, 0.1) is 6.61 Å². The Labute approximate surface area is 129 Å². The highest BCUT2D eigenvalue weighted by Crippen LogP contribution is 2.63. The van der Waals surface area contributed by atoms with Crippen LogP contribution in [0.25, 0.3) is 0 Å². The molecule has 0 spiro atoms. The van der Waals surface area contributed by atoms with E-state index in [0.717, 1.165) is 31.0 Å². The fraction of sp³-hybridized carbons (Fsp3) is 0.800. The molecule has 0 aromatic heterocycles. The van der Waals surface area contributed by atoms with Gasteiger partial charge in [0.15, 0.2) is 0 Å². The standard InChI is InChI=1S/C20H30O/c1-14-4-7-17-16-6-5-15-9-12-21-13-11-20(15,3)18(16)8-10-19(14,17)2/h4-5,16-18H,6-13H2,1-3H3/t16-,17-,18-,19+,20-/m0/s1. The lowest BCUT2D eigenvalue weighted by Crippen LogP contribution is -2.48. The molecule has 4 rings (SSSR count). The lowest BCUT2D eigenvalue weighted by molar-refractivity contribution is -0.0136. The van der Waals surface area contributed by atoms with Gasteiger partial charge >= 0.3 is 0 Å². The van der Waals surface area contributed by atoms with Gasteiger partial charge in [-0.05, 0) is 74.0 Å². The number of allylic oxidation sites excluding steroid dienone is 3. The molecule has 1 nitrogen and oxygen atoms in total. The first-order chi connectivity index (χ1) is 10.1. The molecule has 1 saturated carbocycles. The average molecular weight is 286 g/mol. The molecule has 3 aliphatic carbocycles. The highest BCUT2D eigenvalue weighted by molar-refractivity contribution is 5.28. The van der Waals surface area contributed by atoms with Crippen molar-refractivity contribution in [3.05, 3.63) is 23.3 Å². The molecule has 1 heterocycles. The first-order valence-electron chi connectivity index (χ1n) is 9.00. The van der Waals surface area contributed by atoms with Crippen molar-refractivity contribution in [3.63, 3.8) is 0 Å². The Morgan fingerprint density at radius 1 is 1.00 bits per heavy atom. The van der Waals surface area contributed by atoms with E-state index in [2.05, 4.69) is 32.9 Å². The molecule has 0 N–H and O–H groups in total. The Hall–Kier alpha value is -0.560. The van der Waals surface area contributed by atoms with Crippen LogP contribution in [0.5, 0.6) is 0 Å². The highest BCUT2D eigenvalue weighted by atomic mass is 16.5. The van der Waals surface area contributed by atoms with E-state index < -0.39 is 0 Å². The van der Waals surface area contributed by atoms with Crippen LogP contribution in [-0.2, 0) is 4.74 Å². The van der Waals surface area contributed by atoms with Crippen molar-refractivity contribution in [1.29, 1.82) is 0 Å². The number of fused-ring (bicyclic) bond motifs is 5. The Morgan fingerprint density at radius 2 is 1.86 bits per heavy atom. The van der Waals surface area contributed by atoms with Crippen molar-refractivity contribution < 1.29 is 4.74 Å². The van der Waals surface area contributed by atoms with Gasteiger partial charge in [0.1, 0.15) is 0 Å². The van der Waals surface area contributed by atoms with Gasteiger partial charge in [-0.2, -0.15) is 0 Å². The van der Waals surface area contributed by atoms with Crippen molar-refractivity contribution >= 4 is 0 Å². The lowest BCUT2D eigenvalue weighted by Gasteiger charge is -2.55. The summed E-state index contributed by atoms with van der Waals surface area (Å²) in [7, 11) is 0. The summed E-state index contributed by atoms with van der Waals surface area (Å²) in [5, 5.41) is 0. The zero-order valence-corrected chi connectivity index (χ0v) is 14.0. The molecule has 0 amide bonds. The molecule has 4 aliphatic rings. The van der Waals surface area contributed by atoms with Crippen LogP contribution >= 0.6 is 0 Å². The third kappa shape index (κ3) is 1.86. The van der Waals surface area contributed by atoms with Crippen LogP contribution in [0.2, 0.25) is 0 Å². The Morgan fingerprint density at radius 3 is 2.71 bits per heavy atom. The quantitative estimate of drug-likeness (QED) is 0.561. The molecule has 0 aromatic carbocycles. The normalized spacial score (nSPS) is 49.4. The van der Waals surface area contributed by atoms with E-state index in [0.29, 0.717) is 10.8 Å².